The van der Waals surface area contributed by atoms with Crippen LogP contribution in [0.15, 0.2) is 0 Å². The maximum absolute atomic E-state index is 2.65. The van der Waals surface area contributed by atoms with Gasteiger partial charge in [0, 0.05) is 19.0 Å². The van der Waals surface area contributed by atoms with E-state index in [0.717, 1.165) is 6.04 Å². The first-order valence-electron chi connectivity index (χ1n) is 5.69. The van der Waals surface area contributed by atoms with Crippen LogP contribution in [0.4, 0.5) is 0 Å². The molecule has 1 fully saturated rings. The van der Waals surface area contributed by atoms with Gasteiger partial charge in [0.25, 0.3) is 0 Å². The maximum atomic E-state index is 2.65. The van der Waals surface area contributed by atoms with Gasteiger partial charge in [0.05, 0.1) is 20.1 Å². The molecule has 0 aliphatic carbocycles. The maximum Gasteiger partial charge on any atom is 0.135 e. The summed E-state index contributed by atoms with van der Waals surface area (Å²) in [5.74, 6) is 0. The summed E-state index contributed by atoms with van der Waals surface area (Å²) in [6.45, 7) is 12.1. The molecular weight excluding hydrogens is 160 g/mol. The lowest BCUT2D eigenvalue weighted by Crippen LogP contribution is -2.58. The summed E-state index contributed by atoms with van der Waals surface area (Å²) in [7, 11) is 2.38. The summed E-state index contributed by atoms with van der Waals surface area (Å²) in [6, 6.07) is 0.768. The fourth-order valence-corrected chi connectivity index (χ4v) is 2.11. The van der Waals surface area contributed by atoms with E-state index in [0.29, 0.717) is 0 Å². The van der Waals surface area contributed by atoms with Gasteiger partial charge in [-0.25, -0.2) is 0 Å². The third kappa shape index (κ3) is 2.68. The van der Waals surface area contributed by atoms with Crippen LogP contribution in [0.25, 0.3) is 0 Å². The highest BCUT2D eigenvalue weighted by atomic mass is 15.5. The molecule has 2 atom stereocenters. The molecule has 0 aromatic rings. The molecule has 0 spiro atoms. The van der Waals surface area contributed by atoms with E-state index in [4.69, 9.17) is 0 Å². The Balaban J connectivity index is 2.51. The molecule has 0 aromatic heterocycles. The van der Waals surface area contributed by atoms with Crippen LogP contribution >= 0.6 is 0 Å². The van der Waals surface area contributed by atoms with Crippen molar-refractivity contribution in [1.29, 1.82) is 0 Å². The van der Waals surface area contributed by atoms with Gasteiger partial charge in [-0.3, -0.25) is 4.90 Å². The van der Waals surface area contributed by atoms with Crippen molar-refractivity contribution in [3.05, 3.63) is 0 Å². The third-order valence-electron chi connectivity index (χ3n) is 3.64. The Labute approximate surface area is 83.1 Å². The van der Waals surface area contributed by atoms with Crippen LogP contribution in [0.3, 0.4) is 0 Å². The number of hydrogen-bond acceptors (Lipinski definition) is 1. The Hall–Kier alpha value is -0.0800. The van der Waals surface area contributed by atoms with Crippen LogP contribution in [0.1, 0.15) is 33.6 Å². The SMILES string of the molecule is CCC(C)N1CCC[N@@+](C)(CC)C1. The van der Waals surface area contributed by atoms with E-state index in [2.05, 4.69) is 32.7 Å². The van der Waals surface area contributed by atoms with Crippen molar-refractivity contribution in [3.8, 4) is 0 Å². The zero-order valence-electron chi connectivity index (χ0n) is 9.71. The Bertz CT molecular complexity index is 158. The fourth-order valence-electron chi connectivity index (χ4n) is 2.11. The van der Waals surface area contributed by atoms with Crippen LogP contribution in [-0.4, -0.2) is 48.8 Å². The molecule has 1 saturated heterocycles. The van der Waals surface area contributed by atoms with Crippen LogP contribution in [0, 0.1) is 0 Å². The highest BCUT2D eigenvalue weighted by Gasteiger charge is 2.29. The molecule has 78 valence electrons. The second-order valence-corrected chi connectivity index (χ2v) is 4.72. The predicted octanol–water partition coefficient (Wildman–Crippen LogP) is 1.91. The minimum atomic E-state index is 0.768. The molecule has 1 heterocycles. The second kappa shape index (κ2) is 4.43. The van der Waals surface area contributed by atoms with Crippen molar-refractivity contribution in [2.24, 2.45) is 0 Å². The summed E-state index contributed by atoms with van der Waals surface area (Å²) >= 11 is 0. The van der Waals surface area contributed by atoms with E-state index in [9.17, 15) is 0 Å². The molecule has 1 rings (SSSR count). The molecule has 1 aliphatic heterocycles. The van der Waals surface area contributed by atoms with Gasteiger partial charge in [-0.15, -0.1) is 0 Å². The van der Waals surface area contributed by atoms with Gasteiger partial charge >= 0.3 is 0 Å². The zero-order valence-corrected chi connectivity index (χ0v) is 9.71. The van der Waals surface area contributed by atoms with Crippen LogP contribution in [0.2, 0.25) is 0 Å². The largest absolute Gasteiger partial charge is 0.314 e. The lowest BCUT2D eigenvalue weighted by atomic mass is 10.1. The Morgan fingerprint density at radius 3 is 2.62 bits per heavy atom. The monoisotopic (exact) mass is 185 g/mol. The Morgan fingerprint density at radius 1 is 1.38 bits per heavy atom. The van der Waals surface area contributed by atoms with E-state index in [1.807, 2.05) is 0 Å². The van der Waals surface area contributed by atoms with Gasteiger partial charge in [0.15, 0.2) is 0 Å². The first-order valence-corrected chi connectivity index (χ1v) is 5.69. The topological polar surface area (TPSA) is 3.24 Å². The average Bonchev–Trinajstić information content (AvgIpc) is 2.17. The first kappa shape index (κ1) is 11.0. The predicted molar refractivity (Wildman–Crippen MR) is 57.5 cm³/mol. The standard InChI is InChI=1S/C11H25N2/c1-5-11(3)12-8-7-9-13(4,6-2)10-12/h11H,5-10H2,1-4H3/q+1/t11?,13-/m1/s1. The second-order valence-electron chi connectivity index (χ2n) is 4.72. The van der Waals surface area contributed by atoms with Crippen molar-refractivity contribution in [1.82, 2.24) is 4.90 Å². The normalized spacial score (nSPS) is 33.2. The van der Waals surface area contributed by atoms with Crippen molar-refractivity contribution >= 4 is 0 Å². The van der Waals surface area contributed by atoms with Crippen LogP contribution < -0.4 is 0 Å². The Morgan fingerprint density at radius 2 is 2.08 bits per heavy atom. The van der Waals surface area contributed by atoms with Crippen molar-refractivity contribution < 1.29 is 4.48 Å². The van der Waals surface area contributed by atoms with Crippen molar-refractivity contribution in [2.75, 3.05) is 33.4 Å². The fraction of sp³-hybridized carbons (Fsp3) is 1.00. The lowest BCUT2D eigenvalue weighted by molar-refractivity contribution is -0.923. The molecular formula is C11H25N2+. The number of quaternary nitrogens is 1. The van der Waals surface area contributed by atoms with Gasteiger partial charge in [-0.2, -0.15) is 0 Å². The summed E-state index contributed by atoms with van der Waals surface area (Å²) < 4.78 is 1.24. The summed E-state index contributed by atoms with van der Waals surface area (Å²) in [4.78, 5) is 2.65. The molecule has 1 aliphatic rings. The van der Waals surface area contributed by atoms with Gasteiger partial charge in [0.2, 0.25) is 0 Å². The highest BCUT2D eigenvalue weighted by Crippen LogP contribution is 2.16. The summed E-state index contributed by atoms with van der Waals surface area (Å²) in [6.07, 6.45) is 2.65. The Kier molecular flexibility index (Phi) is 3.74. The van der Waals surface area contributed by atoms with Crippen molar-refractivity contribution in [3.63, 3.8) is 0 Å². The molecule has 0 bridgehead atoms. The van der Waals surface area contributed by atoms with Crippen molar-refractivity contribution in [2.45, 2.75) is 39.7 Å². The molecule has 2 heteroatoms. The van der Waals surface area contributed by atoms with E-state index in [1.54, 1.807) is 0 Å². The van der Waals surface area contributed by atoms with Crippen LogP contribution in [-0.2, 0) is 0 Å². The molecule has 0 saturated carbocycles. The number of rotatable bonds is 3. The van der Waals surface area contributed by atoms with E-state index < -0.39 is 0 Å². The molecule has 0 radical (unpaired) electrons. The molecule has 1 unspecified atom stereocenters. The minimum Gasteiger partial charge on any atom is -0.314 e. The van der Waals surface area contributed by atoms with Gasteiger partial charge in [0.1, 0.15) is 6.67 Å². The molecule has 13 heavy (non-hydrogen) atoms. The zero-order chi connectivity index (χ0) is 9.90. The third-order valence-corrected chi connectivity index (χ3v) is 3.64. The number of hydrogen-bond donors (Lipinski definition) is 0. The molecule has 2 nitrogen and oxygen atoms in total. The smallest absolute Gasteiger partial charge is 0.135 e. The molecule has 0 amide bonds. The van der Waals surface area contributed by atoms with Crippen LogP contribution in [0.5, 0.6) is 0 Å². The molecule has 0 aromatic carbocycles. The average molecular weight is 185 g/mol. The lowest BCUT2D eigenvalue weighted by Gasteiger charge is -2.44. The quantitative estimate of drug-likeness (QED) is 0.607. The highest BCUT2D eigenvalue weighted by molar-refractivity contribution is 4.66. The van der Waals surface area contributed by atoms with E-state index >= 15 is 0 Å². The van der Waals surface area contributed by atoms with E-state index in [1.165, 1.54) is 43.6 Å². The molecule has 0 N–H and O–H groups in total. The van der Waals surface area contributed by atoms with E-state index in [-0.39, 0.29) is 0 Å². The van der Waals surface area contributed by atoms with Gasteiger partial charge < -0.3 is 4.48 Å². The summed E-state index contributed by atoms with van der Waals surface area (Å²) in [5.41, 5.74) is 0. The number of nitrogens with zero attached hydrogens (tertiary/aromatic N) is 2. The van der Waals surface area contributed by atoms with Gasteiger partial charge in [-0.1, -0.05) is 6.92 Å². The minimum absolute atomic E-state index is 0.768. The first-order chi connectivity index (χ1) is 6.11. The summed E-state index contributed by atoms with van der Waals surface area (Å²) in [5, 5.41) is 0. The van der Waals surface area contributed by atoms with Gasteiger partial charge in [-0.05, 0) is 20.3 Å².